The van der Waals surface area contributed by atoms with E-state index in [1.165, 1.54) is 76.1 Å². The molecule has 0 aromatic heterocycles. The van der Waals surface area contributed by atoms with Gasteiger partial charge in [0.15, 0.2) is 5.78 Å². The summed E-state index contributed by atoms with van der Waals surface area (Å²) < 4.78 is 6.27. The summed E-state index contributed by atoms with van der Waals surface area (Å²) in [7, 11) is 0. The Bertz CT molecular complexity index is 1710. The van der Waals surface area contributed by atoms with Gasteiger partial charge in [-0.05, 0) is 196 Å². The minimum atomic E-state index is -0.250. The van der Waals surface area contributed by atoms with E-state index >= 15 is 0 Å². The van der Waals surface area contributed by atoms with Crippen molar-refractivity contribution in [1.82, 2.24) is 5.32 Å². The van der Waals surface area contributed by atoms with Crippen LogP contribution in [0.3, 0.4) is 0 Å². The number of rotatable bonds is 11. The molecule has 0 aliphatic heterocycles. The molecule has 12 atom stereocenters. The number of aldehydes is 1. The van der Waals surface area contributed by atoms with Crippen LogP contribution in [-0.2, 0) is 14.4 Å². The average molecular weight is 797 g/mol. The second-order valence-electron chi connectivity index (χ2n) is 20.3. The zero-order valence-corrected chi connectivity index (χ0v) is 35.9. The summed E-state index contributed by atoms with van der Waals surface area (Å²) in [5.41, 5.74) is 5.41. The largest absolute Gasteiger partial charge is 0.490 e. The zero-order chi connectivity index (χ0) is 40.7. The highest BCUT2D eigenvalue weighted by atomic mass is 16.5. The van der Waals surface area contributed by atoms with Gasteiger partial charge in [0.05, 0.1) is 11.8 Å². The molecule has 0 radical (unpaired) electrons. The number of carboxylic acid groups (broad SMARTS) is 1. The normalized spacial score (nSPS) is 39.4. The van der Waals surface area contributed by atoms with E-state index in [2.05, 4.69) is 82.8 Å². The van der Waals surface area contributed by atoms with E-state index in [0.29, 0.717) is 46.9 Å². The number of hydrogen-bond donors (Lipinski definition) is 2. The number of nitrogens with one attached hydrogen (secondary N) is 1. The summed E-state index contributed by atoms with van der Waals surface area (Å²) in [6, 6.07) is 8.47. The molecular weight excluding hydrogens is 721 g/mol. The van der Waals surface area contributed by atoms with E-state index in [1.807, 2.05) is 6.20 Å². The molecule has 0 bridgehead atoms. The second-order valence-corrected chi connectivity index (χ2v) is 20.3. The summed E-state index contributed by atoms with van der Waals surface area (Å²) in [5, 5.41) is 10.8. The van der Waals surface area contributed by atoms with Crippen LogP contribution in [0.5, 0.6) is 5.75 Å². The number of carbonyl (C=O) groups is 3. The van der Waals surface area contributed by atoms with Gasteiger partial charge in [0.2, 0.25) is 0 Å². The molecule has 6 saturated carbocycles. The maximum absolute atomic E-state index is 14.1. The number of ketones is 1. The van der Waals surface area contributed by atoms with Crippen molar-refractivity contribution < 1.29 is 24.2 Å². The van der Waals surface area contributed by atoms with Crippen LogP contribution in [-0.4, -0.2) is 43.0 Å². The Kier molecular flexibility index (Phi) is 13.6. The smallest absolute Gasteiger partial charge is 0.290 e. The molecule has 12 unspecified atom stereocenters. The number of Topliss-reactive ketones (excluding diaryl/α,β-unsaturated/α-hetero) is 1. The first kappa shape index (κ1) is 44.3. The number of hydrogen-bond acceptors (Lipinski definition) is 6. The summed E-state index contributed by atoms with van der Waals surface area (Å²) in [4.78, 5) is 38.4. The molecule has 58 heavy (non-hydrogen) atoms. The first-order chi connectivity index (χ1) is 27.4. The van der Waals surface area contributed by atoms with E-state index in [-0.39, 0.29) is 31.1 Å². The molecule has 7 nitrogen and oxygen atoms in total. The lowest BCUT2D eigenvalue weighted by atomic mass is 9.35. The molecule has 7 heteroatoms. The SMILES string of the molecule is C.C=N/C=C(\NCC12CCC3C(CCC4C3CCC3(CC)C(C)C(C5CC(C=O)C5C)CCC43C)C1=C(C(C)C)C(=O)C2)c1ccc(OC2CCCC2)cc1.O=CO. The highest BCUT2D eigenvalue weighted by Gasteiger charge is 2.66. The van der Waals surface area contributed by atoms with Crippen molar-refractivity contribution in [3.05, 3.63) is 47.2 Å². The lowest BCUT2D eigenvalue weighted by Crippen LogP contribution is -2.62. The predicted octanol–water partition coefficient (Wildman–Crippen LogP) is 11.6. The van der Waals surface area contributed by atoms with Crippen molar-refractivity contribution in [1.29, 1.82) is 0 Å². The third kappa shape index (κ3) is 7.35. The van der Waals surface area contributed by atoms with E-state index in [0.717, 1.165) is 78.8 Å². The summed E-state index contributed by atoms with van der Waals surface area (Å²) in [6.45, 7) is 19.1. The van der Waals surface area contributed by atoms with Gasteiger partial charge in [-0.3, -0.25) is 14.6 Å². The van der Waals surface area contributed by atoms with Crippen LogP contribution in [0.1, 0.15) is 151 Å². The molecule has 1 aromatic rings. The monoisotopic (exact) mass is 797 g/mol. The first-order valence-corrected chi connectivity index (χ1v) is 22.9. The fourth-order valence-corrected chi connectivity index (χ4v) is 15.4. The molecule has 0 amide bonds. The molecule has 2 N–H and O–H groups in total. The Labute approximate surface area is 350 Å². The molecule has 320 valence electrons. The minimum absolute atomic E-state index is 0. The van der Waals surface area contributed by atoms with Crippen molar-refractivity contribution >= 4 is 31.0 Å². The van der Waals surface area contributed by atoms with Gasteiger partial charge in [0.25, 0.3) is 6.47 Å². The zero-order valence-electron chi connectivity index (χ0n) is 35.9. The first-order valence-electron chi connectivity index (χ1n) is 22.9. The molecule has 8 rings (SSSR count). The highest BCUT2D eigenvalue weighted by Crippen LogP contribution is 2.73. The summed E-state index contributed by atoms with van der Waals surface area (Å²) >= 11 is 0. The quantitative estimate of drug-likeness (QED) is 0.171. The van der Waals surface area contributed by atoms with Crippen molar-refractivity contribution in [2.45, 2.75) is 151 Å². The molecular formula is C51H76N2O5. The van der Waals surface area contributed by atoms with E-state index in [1.54, 1.807) is 5.57 Å². The van der Waals surface area contributed by atoms with Crippen molar-refractivity contribution in [3.63, 3.8) is 0 Å². The Hall–Kier alpha value is -3.22. The third-order valence-electron chi connectivity index (χ3n) is 18.2. The maximum Gasteiger partial charge on any atom is 0.290 e. The van der Waals surface area contributed by atoms with Gasteiger partial charge in [0.1, 0.15) is 12.0 Å². The molecule has 0 saturated heterocycles. The molecule has 7 aliphatic rings. The number of nitrogens with zero attached hydrogens (tertiary/aromatic N) is 1. The van der Waals surface area contributed by atoms with Gasteiger partial charge < -0.3 is 20.0 Å². The molecule has 7 aliphatic carbocycles. The summed E-state index contributed by atoms with van der Waals surface area (Å²) in [5.74, 6) is 7.38. The van der Waals surface area contributed by atoms with Crippen LogP contribution in [0.25, 0.3) is 5.70 Å². The fourth-order valence-electron chi connectivity index (χ4n) is 15.4. The number of benzene rings is 1. The summed E-state index contributed by atoms with van der Waals surface area (Å²) in [6.07, 6.45) is 21.6. The maximum atomic E-state index is 14.1. The lowest BCUT2D eigenvalue weighted by Gasteiger charge is -2.69. The molecule has 6 fully saturated rings. The van der Waals surface area contributed by atoms with Crippen LogP contribution in [0.15, 0.2) is 46.6 Å². The van der Waals surface area contributed by atoms with Gasteiger partial charge in [0, 0.05) is 30.5 Å². The van der Waals surface area contributed by atoms with Gasteiger partial charge in [-0.1, -0.05) is 54.5 Å². The fraction of sp³-hybridized carbons (Fsp3) is 0.725. The highest BCUT2D eigenvalue weighted by molar-refractivity contribution is 6.00. The van der Waals surface area contributed by atoms with Crippen molar-refractivity contribution in [2.75, 3.05) is 6.54 Å². The predicted molar refractivity (Wildman–Crippen MR) is 235 cm³/mol. The minimum Gasteiger partial charge on any atom is -0.490 e. The van der Waals surface area contributed by atoms with E-state index in [4.69, 9.17) is 14.6 Å². The molecule has 0 spiro atoms. The lowest BCUT2D eigenvalue weighted by molar-refractivity contribution is -0.202. The number of allylic oxidation sites excluding steroid dienone is 1. The van der Waals surface area contributed by atoms with E-state index < -0.39 is 0 Å². The van der Waals surface area contributed by atoms with Crippen LogP contribution in [0.4, 0.5) is 0 Å². The van der Waals surface area contributed by atoms with Crippen molar-refractivity contribution in [2.24, 2.45) is 80.4 Å². The number of carbonyl (C=O) groups excluding carboxylic acids is 2. The average Bonchev–Trinajstić information content (AvgIpc) is 3.82. The second kappa shape index (κ2) is 17.8. The van der Waals surface area contributed by atoms with E-state index in [9.17, 15) is 9.59 Å². The van der Waals surface area contributed by atoms with Gasteiger partial charge >= 0.3 is 0 Å². The topological polar surface area (TPSA) is 105 Å². The third-order valence-corrected chi connectivity index (χ3v) is 18.2. The van der Waals surface area contributed by atoms with Gasteiger partial charge in [-0.15, -0.1) is 0 Å². The number of ether oxygens (including phenoxy) is 1. The van der Waals surface area contributed by atoms with Crippen LogP contribution in [0.2, 0.25) is 0 Å². The molecule has 1 aromatic carbocycles. The van der Waals surface area contributed by atoms with Crippen LogP contribution >= 0.6 is 0 Å². The van der Waals surface area contributed by atoms with Gasteiger partial charge in [-0.25, -0.2) is 0 Å². The molecule has 0 heterocycles. The Morgan fingerprint density at radius 3 is 2.26 bits per heavy atom. The Morgan fingerprint density at radius 2 is 1.64 bits per heavy atom. The van der Waals surface area contributed by atoms with Crippen LogP contribution < -0.4 is 10.1 Å². The Balaban J connectivity index is 0.00000138. The number of aliphatic imine (C=N–C) groups is 1. The standard InChI is InChI=1S/C49H70N2O3.CH2O2.CH4/c1-8-49-24-21-39-38-20-23-48(29-51-43(27-50-7)33-13-15-36(16-14-33)54-35-11-9-10-12-35)26-44(53)45(30(2)3)46(48)40(38)17-18-42(39)47(49,6)22-19-37(32(49)5)41-25-34(28-52)31(41)4;2-1-3;/h13-16,27-28,30-32,34-35,37-42,51H,7-12,17-26,29H2,1-6H3;1H,(H,2,3);1H4/b43-27-;;. The van der Waals surface area contributed by atoms with Gasteiger partial charge in [-0.2, -0.15) is 0 Å². The number of fused-ring (bicyclic) bond motifs is 7. The van der Waals surface area contributed by atoms with Crippen LogP contribution in [0, 0.1) is 75.4 Å². The van der Waals surface area contributed by atoms with Crippen molar-refractivity contribution in [3.8, 4) is 5.75 Å². The Morgan fingerprint density at radius 1 is 0.966 bits per heavy atom.